The number of H-pyrrole nitrogens is 1. The van der Waals surface area contributed by atoms with Crippen LogP contribution in [-0.4, -0.2) is 46.3 Å². The maximum absolute atomic E-state index is 12.7. The molecule has 148 valence electrons. The molecule has 0 aliphatic carbocycles. The summed E-state index contributed by atoms with van der Waals surface area (Å²) in [5, 5.41) is 14.7. The number of carbonyl (C=O) groups excluding carboxylic acids is 1. The Morgan fingerprint density at radius 1 is 1.29 bits per heavy atom. The molecule has 7 nitrogen and oxygen atoms in total. The number of aromatic amines is 1. The van der Waals surface area contributed by atoms with Gasteiger partial charge in [-0.25, -0.2) is 0 Å². The fourth-order valence-electron chi connectivity index (χ4n) is 3.35. The van der Waals surface area contributed by atoms with Crippen LogP contribution in [0.15, 0.2) is 40.9 Å². The molecule has 3 aromatic rings. The summed E-state index contributed by atoms with van der Waals surface area (Å²) < 4.78 is 5.43. The summed E-state index contributed by atoms with van der Waals surface area (Å²) in [4.78, 5) is 14.4. The molecule has 1 aliphatic heterocycles. The minimum absolute atomic E-state index is 0. The highest BCUT2D eigenvalue weighted by atomic mass is 35.5. The lowest BCUT2D eigenvalue weighted by Crippen LogP contribution is -2.31. The van der Waals surface area contributed by atoms with Crippen molar-refractivity contribution < 1.29 is 9.32 Å². The third-order valence-electron chi connectivity index (χ3n) is 4.90. The number of hydrogen-bond donors (Lipinski definition) is 2. The van der Waals surface area contributed by atoms with E-state index in [2.05, 4.69) is 20.7 Å². The van der Waals surface area contributed by atoms with Crippen LogP contribution in [0.3, 0.4) is 0 Å². The van der Waals surface area contributed by atoms with Crippen LogP contribution < -0.4 is 5.32 Å². The Morgan fingerprint density at radius 3 is 2.93 bits per heavy atom. The van der Waals surface area contributed by atoms with Crippen molar-refractivity contribution in [3.63, 3.8) is 0 Å². The lowest BCUT2D eigenvalue weighted by atomic mass is 10.1. The molecule has 2 aromatic heterocycles. The molecule has 0 atom stereocenters. The predicted octanol–water partition coefficient (Wildman–Crippen LogP) is 2.84. The third-order valence-corrected chi connectivity index (χ3v) is 4.90. The van der Waals surface area contributed by atoms with Crippen LogP contribution in [0.1, 0.15) is 33.9 Å². The maximum atomic E-state index is 12.7. The third kappa shape index (κ3) is 4.26. The summed E-state index contributed by atoms with van der Waals surface area (Å²) in [5.41, 5.74) is 4.48. The average Bonchev–Trinajstić information content (AvgIpc) is 3.35. The van der Waals surface area contributed by atoms with Crippen molar-refractivity contribution in [2.24, 2.45) is 0 Å². The van der Waals surface area contributed by atoms with Crippen molar-refractivity contribution in [3.05, 3.63) is 59.1 Å². The van der Waals surface area contributed by atoms with Crippen LogP contribution in [-0.2, 0) is 19.4 Å². The molecule has 0 fully saturated rings. The van der Waals surface area contributed by atoms with Gasteiger partial charge < -0.3 is 14.7 Å². The highest BCUT2D eigenvalue weighted by Crippen LogP contribution is 2.20. The first-order valence-electron chi connectivity index (χ1n) is 9.25. The number of halogens is 1. The summed E-state index contributed by atoms with van der Waals surface area (Å²) in [6.07, 6.45) is 2.42. The van der Waals surface area contributed by atoms with Crippen LogP contribution in [0.4, 0.5) is 0 Å². The summed E-state index contributed by atoms with van der Waals surface area (Å²) in [5.74, 6) is 0.787. The number of rotatable bonds is 6. The van der Waals surface area contributed by atoms with E-state index in [9.17, 15) is 4.79 Å². The molecule has 0 saturated carbocycles. The van der Waals surface area contributed by atoms with E-state index >= 15 is 0 Å². The van der Waals surface area contributed by atoms with Crippen molar-refractivity contribution in [2.45, 2.75) is 25.8 Å². The SMILES string of the molecule is CN(CCCc1cc(-c2ccccc2)no1)C(=O)c1n[nH]c2c1CNCC2.Cl. The van der Waals surface area contributed by atoms with E-state index in [4.69, 9.17) is 4.52 Å². The summed E-state index contributed by atoms with van der Waals surface area (Å²) in [6, 6.07) is 11.9. The number of fused-ring (bicyclic) bond motifs is 1. The van der Waals surface area contributed by atoms with Gasteiger partial charge in [0, 0.05) is 62.4 Å². The number of amides is 1. The number of carbonyl (C=O) groups is 1. The number of nitrogens with one attached hydrogen (secondary N) is 2. The molecule has 2 N–H and O–H groups in total. The van der Waals surface area contributed by atoms with E-state index in [-0.39, 0.29) is 18.3 Å². The van der Waals surface area contributed by atoms with Crippen LogP contribution in [0.25, 0.3) is 11.3 Å². The maximum Gasteiger partial charge on any atom is 0.274 e. The van der Waals surface area contributed by atoms with E-state index in [1.165, 1.54) is 0 Å². The number of aromatic nitrogens is 3. The van der Waals surface area contributed by atoms with E-state index in [1.54, 1.807) is 4.90 Å². The largest absolute Gasteiger partial charge is 0.361 e. The molecule has 8 heteroatoms. The number of hydrogen-bond acceptors (Lipinski definition) is 5. The quantitative estimate of drug-likeness (QED) is 0.663. The van der Waals surface area contributed by atoms with Gasteiger partial charge in [-0.05, 0) is 6.42 Å². The Balaban J connectivity index is 0.00000225. The fraction of sp³-hybridized carbons (Fsp3) is 0.350. The second-order valence-electron chi connectivity index (χ2n) is 6.83. The van der Waals surface area contributed by atoms with Gasteiger partial charge in [0.05, 0.1) is 0 Å². The van der Waals surface area contributed by atoms with Crippen LogP contribution in [0.2, 0.25) is 0 Å². The molecule has 28 heavy (non-hydrogen) atoms. The molecule has 0 saturated heterocycles. The van der Waals surface area contributed by atoms with Crippen LogP contribution >= 0.6 is 12.4 Å². The van der Waals surface area contributed by atoms with Gasteiger partial charge in [-0.1, -0.05) is 35.5 Å². The number of nitrogens with zero attached hydrogens (tertiary/aromatic N) is 3. The Labute approximate surface area is 169 Å². The first-order chi connectivity index (χ1) is 13.2. The second-order valence-corrected chi connectivity index (χ2v) is 6.83. The molecule has 0 spiro atoms. The van der Waals surface area contributed by atoms with Gasteiger partial charge in [0.2, 0.25) is 0 Å². The zero-order valence-corrected chi connectivity index (χ0v) is 16.6. The molecular formula is C20H24ClN5O2. The summed E-state index contributed by atoms with van der Waals surface area (Å²) in [7, 11) is 1.81. The van der Waals surface area contributed by atoms with Gasteiger partial charge in [0.25, 0.3) is 5.91 Å². The van der Waals surface area contributed by atoms with Crippen molar-refractivity contribution in [1.82, 2.24) is 25.6 Å². The van der Waals surface area contributed by atoms with E-state index < -0.39 is 0 Å². The fourth-order valence-corrected chi connectivity index (χ4v) is 3.35. The van der Waals surface area contributed by atoms with Crippen molar-refractivity contribution in [3.8, 4) is 11.3 Å². The number of aryl methyl sites for hydroxylation is 1. The molecular weight excluding hydrogens is 378 g/mol. The molecule has 1 aromatic carbocycles. The monoisotopic (exact) mass is 401 g/mol. The first kappa shape index (κ1) is 20.1. The molecule has 0 radical (unpaired) electrons. The Kier molecular flexibility index (Phi) is 6.49. The smallest absolute Gasteiger partial charge is 0.274 e. The van der Waals surface area contributed by atoms with Crippen molar-refractivity contribution in [1.29, 1.82) is 0 Å². The van der Waals surface area contributed by atoms with Gasteiger partial charge >= 0.3 is 0 Å². The highest BCUT2D eigenvalue weighted by molar-refractivity contribution is 5.93. The van der Waals surface area contributed by atoms with Crippen LogP contribution in [0, 0.1) is 0 Å². The zero-order chi connectivity index (χ0) is 18.6. The number of benzene rings is 1. The Hall–Kier alpha value is -2.64. The zero-order valence-electron chi connectivity index (χ0n) is 15.8. The predicted molar refractivity (Wildman–Crippen MR) is 108 cm³/mol. The lowest BCUT2D eigenvalue weighted by molar-refractivity contribution is 0.0785. The van der Waals surface area contributed by atoms with E-state index in [0.29, 0.717) is 18.8 Å². The first-order valence-corrected chi connectivity index (χ1v) is 9.25. The van der Waals surface area contributed by atoms with Crippen molar-refractivity contribution in [2.75, 3.05) is 20.1 Å². The minimum Gasteiger partial charge on any atom is -0.361 e. The average molecular weight is 402 g/mol. The van der Waals surface area contributed by atoms with Gasteiger partial charge in [0.1, 0.15) is 11.5 Å². The van der Waals surface area contributed by atoms with Gasteiger partial charge in [-0.15, -0.1) is 12.4 Å². The normalized spacial score (nSPS) is 12.9. The molecule has 1 amide bonds. The Morgan fingerprint density at radius 2 is 2.11 bits per heavy atom. The van der Waals surface area contributed by atoms with Gasteiger partial charge in [0.15, 0.2) is 5.69 Å². The topological polar surface area (TPSA) is 87.1 Å². The molecule has 4 rings (SSSR count). The Bertz CT molecular complexity index is 922. The van der Waals surface area contributed by atoms with Crippen LogP contribution in [0.5, 0.6) is 0 Å². The van der Waals surface area contributed by atoms with E-state index in [0.717, 1.165) is 54.1 Å². The summed E-state index contributed by atoms with van der Waals surface area (Å²) >= 11 is 0. The van der Waals surface area contributed by atoms with Crippen molar-refractivity contribution >= 4 is 18.3 Å². The lowest BCUT2D eigenvalue weighted by Gasteiger charge is -2.18. The molecule has 0 unspecified atom stereocenters. The summed E-state index contributed by atoms with van der Waals surface area (Å²) in [6.45, 7) is 2.25. The van der Waals surface area contributed by atoms with Gasteiger partial charge in [-0.2, -0.15) is 5.10 Å². The molecule has 1 aliphatic rings. The highest BCUT2D eigenvalue weighted by Gasteiger charge is 2.23. The molecule has 0 bridgehead atoms. The standard InChI is InChI=1S/C20H23N5O2.ClH/c1-25(20(26)19-16-13-21-10-9-17(16)22-23-19)11-5-8-15-12-18(24-27-15)14-6-3-2-4-7-14;/h2-4,6-7,12,21H,5,8-11,13H2,1H3,(H,22,23);1H. The van der Waals surface area contributed by atoms with Gasteiger partial charge in [-0.3, -0.25) is 9.89 Å². The van der Waals surface area contributed by atoms with E-state index in [1.807, 2.05) is 43.4 Å². The second kappa shape index (κ2) is 9.03. The minimum atomic E-state index is -0.0428. The molecule has 3 heterocycles.